The van der Waals surface area contributed by atoms with Crippen LogP contribution in [0.15, 0.2) is 48.5 Å². The molecule has 5 nitrogen and oxygen atoms in total. The Labute approximate surface area is 153 Å². The van der Waals surface area contributed by atoms with Gasteiger partial charge in [0.25, 0.3) is 5.69 Å². The van der Waals surface area contributed by atoms with Gasteiger partial charge in [0, 0.05) is 24.7 Å². The first-order valence-corrected chi connectivity index (χ1v) is 8.43. The summed E-state index contributed by atoms with van der Waals surface area (Å²) in [5.74, 6) is -0.289. The molecule has 0 saturated heterocycles. The van der Waals surface area contributed by atoms with Crippen LogP contribution in [0.2, 0.25) is 0 Å². The number of hydrogen-bond donors (Lipinski definition) is 0. The number of benzene rings is 2. The van der Waals surface area contributed by atoms with Gasteiger partial charge in [-0.25, -0.2) is 0 Å². The van der Waals surface area contributed by atoms with E-state index in [0.29, 0.717) is 5.56 Å². The second kappa shape index (κ2) is 7.38. The highest BCUT2D eigenvalue weighted by Crippen LogP contribution is 2.35. The van der Waals surface area contributed by atoms with Crippen molar-refractivity contribution in [3.63, 3.8) is 0 Å². The number of alkyl halides is 3. The molecule has 0 spiro atoms. The zero-order valence-corrected chi connectivity index (χ0v) is 14.3. The number of nitro benzene ring substituents is 1. The third-order valence-electron chi connectivity index (χ3n) is 4.47. The number of non-ortho nitro benzene ring substituents is 1. The molecule has 142 valence electrons. The van der Waals surface area contributed by atoms with Gasteiger partial charge in [0.15, 0.2) is 0 Å². The van der Waals surface area contributed by atoms with Crippen LogP contribution in [0.1, 0.15) is 29.5 Å². The van der Waals surface area contributed by atoms with E-state index >= 15 is 0 Å². The highest BCUT2D eigenvalue weighted by molar-refractivity contribution is 5.79. The lowest BCUT2D eigenvalue weighted by molar-refractivity contribution is -0.384. The van der Waals surface area contributed by atoms with Crippen molar-refractivity contribution >= 4 is 11.6 Å². The second-order valence-electron chi connectivity index (χ2n) is 6.51. The number of rotatable bonds is 6. The van der Waals surface area contributed by atoms with Gasteiger partial charge in [-0.2, -0.15) is 13.2 Å². The molecule has 1 amide bonds. The molecular formula is C19H17F3N2O3. The van der Waals surface area contributed by atoms with Crippen molar-refractivity contribution in [2.24, 2.45) is 0 Å². The number of hydrogen-bond acceptors (Lipinski definition) is 3. The maximum absolute atomic E-state index is 13.2. The van der Waals surface area contributed by atoms with E-state index in [0.717, 1.165) is 18.9 Å². The highest BCUT2D eigenvalue weighted by Gasteiger charge is 2.36. The van der Waals surface area contributed by atoms with Crippen molar-refractivity contribution in [1.29, 1.82) is 0 Å². The van der Waals surface area contributed by atoms with E-state index in [-0.39, 0.29) is 36.2 Å². The highest BCUT2D eigenvalue weighted by atomic mass is 19.4. The minimum absolute atomic E-state index is 0.0112. The zero-order valence-electron chi connectivity index (χ0n) is 14.3. The van der Waals surface area contributed by atoms with Crippen LogP contribution in [-0.2, 0) is 23.9 Å². The smallest absolute Gasteiger partial charge is 0.335 e. The summed E-state index contributed by atoms with van der Waals surface area (Å²) in [6.45, 7) is -0.105. The number of carbonyl (C=O) groups excluding carboxylic acids is 1. The van der Waals surface area contributed by atoms with E-state index in [2.05, 4.69) is 0 Å². The Morgan fingerprint density at radius 2 is 1.74 bits per heavy atom. The molecule has 0 bridgehead atoms. The lowest BCUT2D eigenvalue weighted by Crippen LogP contribution is -2.34. The first kappa shape index (κ1) is 18.9. The van der Waals surface area contributed by atoms with Gasteiger partial charge < -0.3 is 4.90 Å². The van der Waals surface area contributed by atoms with Crippen LogP contribution in [0.4, 0.5) is 18.9 Å². The molecule has 0 N–H and O–H groups in total. The van der Waals surface area contributed by atoms with Gasteiger partial charge >= 0.3 is 6.18 Å². The van der Waals surface area contributed by atoms with Gasteiger partial charge in [-0.3, -0.25) is 14.9 Å². The van der Waals surface area contributed by atoms with Crippen LogP contribution < -0.4 is 0 Å². The fraction of sp³-hybridized carbons (Fsp3) is 0.316. The van der Waals surface area contributed by atoms with E-state index in [1.807, 2.05) is 0 Å². The molecule has 0 radical (unpaired) electrons. The molecule has 1 fully saturated rings. The molecule has 0 aliphatic heterocycles. The Hall–Kier alpha value is -2.90. The third-order valence-corrected chi connectivity index (χ3v) is 4.47. The zero-order chi connectivity index (χ0) is 19.6. The van der Waals surface area contributed by atoms with Crippen molar-refractivity contribution in [3.05, 3.63) is 75.3 Å². The summed E-state index contributed by atoms with van der Waals surface area (Å²) in [5, 5.41) is 10.7. The topological polar surface area (TPSA) is 63.4 Å². The lowest BCUT2D eigenvalue weighted by Gasteiger charge is -2.24. The monoisotopic (exact) mass is 378 g/mol. The minimum Gasteiger partial charge on any atom is -0.335 e. The van der Waals surface area contributed by atoms with Crippen molar-refractivity contribution in [3.8, 4) is 0 Å². The fourth-order valence-electron chi connectivity index (χ4n) is 2.94. The Balaban J connectivity index is 1.76. The summed E-state index contributed by atoms with van der Waals surface area (Å²) in [4.78, 5) is 24.3. The summed E-state index contributed by atoms with van der Waals surface area (Å²) in [7, 11) is 0. The van der Waals surface area contributed by atoms with E-state index in [1.165, 1.54) is 47.4 Å². The SMILES string of the molecule is O=C(Cc1ccc([N+](=O)[O-])cc1)N(Cc1ccccc1C(F)(F)F)C1CC1. The Kier molecular flexibility index (Phi) is 5.16. The molecule has 2 aromatic carbocycles. The summed E-state index contributed by atoms with van der Waals surface area (Å²) in [6, 6.07) is 10.8. The maximum Gasteiger partial charge on any atom is 0.416 e. The normalized spacial score (nSPS) is 14.0. The molecule has 2 aromatic rings. The van der Waals surface area contributed by atoms with Gasteiger partial charge in [-0.15, -0.1) is 0 Å². The Morgan fingerprint density at radius 1 is 1.11 bits per heavy atom. The number of nitrogens with zero attached hydrogens (tertiary/aromatic N) is 2. The minimum atomic E-state index is -4.48. The van der Waals surface area contributed by atoms with Crippen LogP contribution >= 0.6 is 0 Å². The quantitative estimate of drug-likeness (QED) is 0.555. The molecule has 1 aliphatic carbocycles. The molecule has 27 heavy (non-hydrogen) atoms. The number of nitro groups is 1. The lowest BCUT2D eigenvalue weighted by atomic mass is 10.1. The number of carbonyl (C=O) groups is 1. The van der Waals surface area contributed by atoms with E-state index < -0.39 is 16.7 Å². The number of halogens is 3. The van der Waals surface area contributed by atoms with E-state index in [1.54, 1.807) is 0 Å². The number of amides is 1. The first-order valence-electron chi connectivity index (χ1n) is 8.43. The van der Waals surface area contributed by atoms with Crippen LogP contribution in [0.3, 0.4) is 0 Å². The summed E-state index contributed by atoms with van der Waals surface area (Å²) in [5.41, 5.74) is -0.169. The summed E-state index contributed by atoms with van der Waals surface area (Å²) >= 11 is 0. The molecule has 3 rings (SSSR count). The molecule has 0 aromatic heterocycles. The molecule has 0 unspecified atom stereocenters. The van der Waals surface area contributed by atoms with Crippen LogP contribution in [0.5, 0.6) is 0 Å². The maximum atomic E-state index is 13.2. The van der Waals surface area contributed by atoms with Crippen molar-refractivity contribution in [2.45, 2.75) is 38.0 Å². The van der Waals surface area contributed by atoms with Crippen LogP contribution in [0, 0.1) is 10.1 Å². The van der Waals surface area contributed by atoms with E-state index in [4.69, 9.17) is 0 Å². The largest absolute Gasteiger partial charge is 0.416 e. The predicted molar refractivity (Wildman–Crippen MR) is 91.8 cm³/mol. The average molecular weight is 378 g/mol. The standard InChI is InChI=1S/C19H17F3N2O3/c20-19(21,22)17-4-2-1-3-14(17)12-23(15-9-10-15)18(25)11-13-5-7-16(8-6-13)24(26)27/h1-8,15H,9-12H2. The van der Waals surface area contributed by atoms with Crippen molar-refractivity contribution in [2.75, 3.05) is 0 Å². The molecular weight excluding hydrogens is 361 g/mol. The first-order chi connectivity index (χ1) is 12.8. The average Bonchev–Trinajstić information content (AvgIpc) is 3.44. The molecule has 1 saturated carbocycles. The van der Waals surface area contributed by atoms with E-state index in [9.17, 15) is 28.1 Å². The van der Waals surface area contributed by atoms with Gasteiger partial charge in [-0.1, -0.05) is 30.3 Å². The van der Waals surface area contributed by atoms with Gasteiger partial charge in [0.05, 0.1) is 16.9 Å². The molecule has 0 heterocycles. The Morgan fingerprint density at radius 3 is 2.30 bits per heavy atom. The molecule has 8 heteroatoms. The fourth-order valence-corrected chi connectivity index (χ4v) is 2.94. The predicted octanol–water partition coefficient (Wildman–Crippen LogP) is 4.35. The summed E-state index contributed by atoms with van der Waals surface area (Å²) in [6.07, 6.45) is -2.96. The molecule has 0 atom stereocenters. The van der Waals surface area contributed by atoms with Crippen molar-refractivity contribution in [1.82, 2.24) is 4.90 Å². The van der Waals surface area contributed by atoms with Gasteiger partial charge in [-0.05, 0) is 30.0 Å². The van der Waals surface area contributed by atoms with Crippen LogP contribution in [0.25, 0.3) is 0 Å². The van der Waals surface area contributed by atoms with Crippen LogP contribution in [-0.4, -0.2) is 21.8 Å². The van der Waals surface area contributed by atoms with Gasteiger partial charge in [0.2, 0.25) is 5.91 Å². The Bertz CT molecular complexity index is 846. The molecule has 1 aliphatic rings. The summed E-state index contributed by atoms with van der Waals surface area (Å²) < 4.78 is 39.6. The second-order valence-corrected chi connectivity index (χ2v) is 6.51. The van der Waals surface area contributed by atoms with Crippen molar-refractivity contribution < 1.29 is 22.9 Å². The third kappa shape index (κ3) is 4.64. The van der Waals surface area contributed by atoms with Gasteiger partial charge in [0.1, 0.15) is 0 Å².